The SMILES string of the molecule is Cn1nc(CC(=O)OCc2ccc(Cl)cc2Cl)c2ccccc2c1=O. The Hall–Kier alpha value is -2.37. The molecule has 0 atom stereocenters. The highest BCUT2D eigenvalue weighted by molar-refractivity contribution is 6.35. The van der Waals surface area contributed by atoms with E-state index in [0.717, 1.165) is 0 Å². The van der Waals surface area contributed by atoms with Gasteiger partial charge >= 0.3 is 5.97 Å². The smallest absolute Gasteiger partial charge is 0.312 e. The van der Waals surface area contributed by atoms with Crippen LogP contribution in [-0.2, 0) is 29.6 Å². The highest BCUT2D eigenvalue weighted by Gasteiger charge is 2.14. The van der Waals surface area contributed by atoms with E-state index >= 15 is 0 Å². The molecule has 0 amide bonds. The lowest BCUT2D eigenvalue weighted by atomic mass is 10.1. The Morgan fingerprint density at radius 2 is 1.88 bits per heavy atom. The molecule has 25 heavy (non-hydrogen) atoms. The molecule has 0 saturated heterocycles. The predicted molar refractivity (Wildman–Crippen MR) is 96.9 cm³/mol. The highest BCUT2D eigenvalue weighted by atomic mass is 35.5. The maximum Gasteiger partial charge on any atom is 0.312 e. The van der Waals surface area contributed by atoms with Gasteiger partial charge in [-0.25, -0.2) is 4.68 Å². The molecular weight excluding hydrogens is 363 g/mol. The molecule has 3 aromatic rings. The number of rotatable bonds is 4. The van der Waals surface area contributed by atoms with E-state index in [1.807, 2.05) is 0 Å². The van der Waals surface area contributed by atoms with Crippen molar-refractivity contribution >= 4 is 39.9 Å². The Morgan fingerprint density at radius 3 is 2.60 bits per heavy atom. The molecule has 7 heteroatoms. The fourth-order valence-electron chi connectivity index (χ4n) is 2.49. The molecule has 0 aliphatic rings. The molecule has 0 N–H and O–H groups in total. The van der Waals surface area contributed by atoms with Gasteiger partial charge in [-0.1, -0.05) is 47.5 Å². The summed E-state index contributed by atoms with van der Waals surface area (Å²) >= 11 is 11.9. The molecule has 0 radical (unpaired) electrons. The number of nitrogens with zero attached hydrogens (tertiary/aromatic N) is 2. The van der Waals surface area contributed by atoms with Crippen LogP contribution in [0, 0.1) is 0 Å². The van der Waals surface area contributed by atoms with Gasteiger partial charge < -0.3 is 4.74 Å². The number of benzene rings is 2. The monoisotopic (exact) mass is 376 g/mol. The van der Waals surface area contributed by atoms with E-state index in [4.69, 9.17) is 27.9 Å². The first-order chi connectivity index (χ1) is 12.0. The summed E-state index contributed by atoms with van der Waals surface area (Å²) in [6.45, 7) is 0.0402. The second-order valence-corrected chi connectivity index (χ2v) is 6.34. The van der Waals surface area contributed by atoms with Gasteiger partial charge in [-0.15, -0.1) is 0 Å². The van der Waals surface area contributed by atoms with Gasteiger partial charge in [0.05, 0.1) is 17.5 Å². The van der Waals surface area contributed by atoms with E-state index in [0.29, 0.717) is 32.1 Å². The number of carbonyl (C=O) groups is 1. The van der Waals surface area contributed by atoms with Gasteiger partial charge in [-0.2, -0.15) is 5.10 Å². The lowest BCUT2D eigenvalue weighted by molar-refractivity contribution is -0.144. The quantitative estimate of drug-likeness (QED) is 0.653. The second-order valence-electron chi connectivity index (χ2n) is 5.49. The fourth-order valence-corrected chi connectivity index (χ4v) is 2.95. The van der Waals surface area contributed by atoms with Crippen molar-refractivity contribution in [2.45, 2.75) is 13.0 Å². The molecule has 0 unspecified atom stereocenters. The summed E-state index contributed by atoms with van der Waals surface area (Å²) in [6.07, 6.45) is -0.0418. The first-order valence-electron chi connectivity index (χ1n) is 7.50. The standard InChI is InChI=1S/C18H14Cl2N2O3/c1-22-18(24)14-5-3-2-4-13(14)16(21-22)9-17(23)25-10-11-6-7-12(19)8-15(11)20/h2-8H,9-10H2,1H3. The Bertz CT molecular complexity index is 1010. The van der Waals surface area contributed by atoms with Gasteiger partial charge in [-0.05, 0) is 18.2 Å². The van der Waals surface area contributed by atoms with Crippen LogP contribution < -0.4 is 5.56 Å². The highest BCUT2D eigenvalue weighted by Crippen LogP contribution is 2.22. The van der Waals surface area contributed by atoms with Crippen LogP contribution >= 0.6 is 23.2 Å². The third kappa shape index (κ3) is 3.83. The molecular formula is C18H14Cl2N2O3. The van der Waals surface area contributed by atoms with Crippen molar-refractivity contribution in [3.05, 3.63) is 74.1 Å². The van der Waals surface area contributed by atoms with Crippen LogP contribution in [0.4, 0.5) is 0 Å². The van der Waals surface area contributed by atoms with Gasteiger partial charge in [0.2, 0.25) is 0 Å². The van der Waals surface area contributed by atoms with Crippen LogP contribution in [0.2, 0.25) is 10.0 Å². The molecule has 3 rings (SSSR count). The molecule has 5 nitrogen and oxygen atoms in total. The summed E-state index contributed by atoms with van der Waals surface area (Å²) < 4.78 is 6.50. The summed E-state index contributed by atoms with van der Waals surface area (Å²) in [5.74, 6) is -0.456. The molecule has 0 spiro atoms. The third-order valence-electron chi connectivity index (χ3n) is 3.75. The number of ether oxygens (including phenoxy) is 1. The van der Waals surface area contributed by atoms with E-state index in [1.165, 1.54) is 4.68 Å². The zero-order chi connectivity index (χ0) is 18.0. The Kier molecular flexibility index (Phi) is 5.06. The first-order valence-corrected chi connectivity index (χ1v) is 8.26. The lowest BCUT2D eigenvalue weighted by Gasteiger charge is -2.09. The number of halogens is 2. The molecule has 0 aliphatic carbocycles. The van der Waals surface area contributed by atoms with Crippen molar-refractivity contribution in [1.29, 1.82) is 0 Å². The van der Waals surface area contributed by atoms with E-state index in [-0.39, 0.29) is 18.6 Å². The number of aryl methyl sites for hydroxylation is 1. The van der Waals surface area contributed by atoms with Crippen molar-refractivity contribution in [3.63, 3.8) is 0 Å². The van der Waals surface area contributed by atoms with Crippen LogP contribution in [0.1, 0.15) is 11.3 Å². The number of esters is 1. The second kappa shape index (κ2) is 7.25. The van der Waals surface area contributed by atoms with Crippen LogP contribution in [0.15, 0.2) is 47.3 Å². The number of fused-ring (bicyclic) bond motifs is 1. The van der Waals surface area contributed by atoms with Crippen LogP contribution in [0.25, 0.3) is 10.8 Å². The summed E-state index contributed by atoms with van der Waals surface area (Å²) in [7, 11) is 1.55. The van der Waals surface area contributed by atoms with Gasteiger partial charge in [0.25, 0.3) is 5.56 Å². The van der Waals surface area contributed by atoms with Crippen LogP contribution in [-0.4, -0.2) is 15.7 Å². The molecule has 0 fully saturated rings. The van der Waals surface area contributed by atoms with Gasteiger partial charge in [0, 0.05) is 28.0 Å². The van der Waals surface area contributed by atoms with Crippen molar-refractivity contribution in [3.8, 4) is 0 Å². The molecule has 0 bridgehead atoms. The molecule has 0 aliphatic heterocycles. The Balaban J connectivity index is 1.78. The third-order valence-corrected chi connectivity index (χ3v) is 4.34. The minimum atomic E-state index is -0.456. The zero-order valence-corrected chi connectivity index (χ0v) is 14.8. The van der Waals surface area contributed by atoms with Gasteiger partial charge in [0.15, 0.2) is 0 Å². The number of hydrogen-bond donors (Lipinski definition) is 0. The average Bonchev–Trinajstić information content (AvgIpc) is 2.59. The van der Waals surface area contributed by atoms with E-state index < -0.39 is 5.97 Å². The largest absolute Gasteiger partial charge is 0.460 e. The summed E-state index contributed by atoms with van der Waals surface area (Å²) in [6, 6.07) is 12.0. The van der Waals surface area contributed by atoms with Crippen molar-refractivity contribution in [2.75, 3.05) is 0 Å². The molecule has 1 heterocycles. The number of carbonyl (C=O) groups excluding carboxylic acids is 1. The van der Waals surface area contributed by atoms with Crippen LogP contribution in [0.3, 0.4) is 0 Å². The molecule has 0 saturated carbocycles. The van der Waals surface area contributed by atoms with Crippen LogP contribution in [0.5, 0.6) is 0 Å². The average molecular weight is 377 g/mol. The summed E-state index contributed by atoms with van der Waals surface area (Å²) in [5.41, 5.74) is 0.947. The maximum absolute atomic E-state index is 12.2. The summed E-state index contributed by atoms with van der Waals surface area (Å²) in [4.78, 5) is 24.3. The maximum atomic E-state index is 12.2. The van der Waals surface area contributed by atoms with Gasteiger partial charge in [-0.3, -0.25) is 9.59 Å². The first kappa shape index (κ1) is 17.5. The molecule has 128 valence electrons. The van der Waals surface area contributed by atoms with Crippen molar-refractivity contribution in [1.82, 2.24) is 9.78 Å². The number of hydrogen-bond acceptors (Lipinski definition) is 4. The van der Waals surface area contributed by atoms with E-state index in [9.17, 15) is 9.59 Å². The topological polar surface area (TPSA) is 61.2 Å². The van der Waals surface area contributed by atoms with Crippen molar-refractivity contribution in [2.24, 2.45) is 7.05 Å². The zero-order valence-electron chi connectivity index (χ0n) is 13.3. The normalized spacial score (nSPS) is 10.8. The van der Waals surface area contributed by atoms with Crippen molar-refractivity contribution < 1.29 is 9.53 Å². The van der Waals surface area contributed by atoms with E-state index in [1.54, 1.807) is 49.5 Å². The summed E-state index contributed by atoms with van der Waals surface area (Å²) in [5, 5.41) is 6.30. The minimum Gasteiger partial charge on any atom is -0.460 e. The van der Waals surface area contributed by atoms with Gasteiger partial charge in [0.1, 0.15) is 6.61 Å². The minimum absolute atomic E-state index is 0.0402. The molecule has 2 aromatic carbocycles. The lowest BCUT2D eigenvalue weighted by Crippen LogP contribution is -2.22. The van der Waals surface area contributed by atoms with E-state index in [2.05, 4.69) is 5.10 Å². The molecule has 1 aromatic heterocycles. The predicted octanol–water partition coefficient (Wildman–Crippen LogP) is 3.53. The Labute approximate surface area is 153 Å². The Morgan fingerprint density at radius 1 is 1.16 bits per heavy atom. The number of aromatic nitrogens is 2. The fraction of sp³-hybridized carbons (Fsp3) is 0.167.